The van der Waals surface area contributed by atoms with Gasteiger partial charge in [0.2, 0.25) is 5.91 Å². The largest absolute Gasteiger partial charge is 0.494 e. The van der Waals surface area contributed by atoms with Crippen molar-refractivity contribution in [2.24, 2.45) is 0 Å². The molecule has 1 fully saturated rings. The van der Waals surface area contributed by atoms with Crippen molar-refractivity contribution >= 4 is 17.4 Å². The molecule has 18 heavy (non-hydrogen) atoms. The summed E-state index contributed by atoms with van der Waals surface area (Å²) in [7, 11) is 1.38. The monoisotopic (exact) mass is 249 g/mol. The fourth-order valence-electron chi connectivity index (χ4n) is 1.86. The standard InChI is InChI=1S/C13H12FNO3/c1-7(9-6-12(16)15-13(9)17)8-3-4-11(18-2)10(14)5-8/h3-5H,6H2,1-2H3,(H,15,16,17). The number of rotatable bonds is 2. The molecule has 1 saturated heterocycles. The lowest BCUT2D eigenvalue weighted by atomic mass is 10.00. The third-order valence-electron chi connectivity index (χ3n) is 2.90. The Morgan fingerprint density at radius 1 is 1.39 bits per heavy atom. The summed E-state index contributed by atoms with van der Waals surface area (Å²) in [5.41, 5.74) is 1.54. The van der Waals surface area contributed by atoms with Crippen LogP contribution in [0.5, 0.6) is 5.75 Å². The van der Waals surface area contributed by atoms with Crippen LogP contribution < -0.4 is 10.1 Å². The van der Waals surface area contributed by atoms with Crippen molar-refractivity contribution < 1.29 is 18.7 Å². The van der Waals surface area contributed by atoms with E-state index in [1.807, 2.05) is 0 Å². The molecule has 0 aliphatic carbocycles. The highest BCUT2D eigenvalue weighted by Gasteiger charge is 2.26. The first-order valence-corrected chi connectivity index (χ1v) is 5.40. The lowest BCUT2D eigenvalue weighted by molar-refractivity contribution is -0.124. The summed E-state index contributed by atoms with van der Waals surface area (Å²) in [6, 6.07) is 4.43. The second kappa shape index (κ2) is 4.60. The molecule has 0 saturated carbocycles. The molecule has 0 bridgehead atoms. The van der Waals surface area contributed by atoms with Crippen LogP contribution in [0.4, 0.5) is 4.39 Å². The maximum absolute atomic E-state index is 13.6. The van der Waals surface area contributed by atoms with E-state index in [-0.39, 0.29) is 18.1 Å². The Hall–Kier alpha value is -2.17. The Kier molecular flexibility index (Phi) is 3.14. The van der Waals surface area contributed by atoms with Crippen molar-refractivity contribution in [2.45, 2.75) is 13.3 Å². The second-order valence-electron chi connectivity index (χ2n) is 4.01. The van der Waals surface area contributed by atoms with Crippen LogP contribution in [0.2, 0.25) is 0 Å². The fraction of sp³-hybridized carbons (Fsp3) is 0.231. The van der Waals surface area contributed by atoms with Gasteiger partial charge < -0.3 is 4.74 Å². The number of allylic oxidation sites excluding steroid dienone is 1. The van der Waals surface area contributed by atoms with Crippen molar-refractivity contribution in [3.8, 4) is 5.75 Å². The van der Waals surface area contributed by atoms with E-state index in [9.17, 15) is 14.0 Å². The quantitative estimate of drug-likeness (QED) is 0.640. The van der Waals surface area contributed by atoms with Crippen molar-refractivity contribution in [2.75, 3.05) is 7.11 Å². The fourth-order valence-corrected chi connectivity index (χ4v) is 1.86. The highest BCUT2D eigenvalue weighted by Crippen LogP contribution is 2.27. The van der Waals surface area contributed by atoms with E-state index >= 15 is 0 Å². The van der Waals surface area contributed by atoms with E-state index < -0.39 is 11.7 Å². The Labute approximate surface area is 103 Å². The Bertz CT molecular complexity index is 563. The SMILES string of the molecule is COc1ccc(C(C)=C2CC(=O)NC2=O)cc1F. The van der Waals surface area contributed by atoms with Crippen LogP contribution in [0.1, 0.15) is 18.9 Å². The highest BCUT2D eigenvalue weighted by molar-refractivity contribution is 6.17. The number of halogens is 1. The van der Waals surface area contributed by atoms with Gasteiger partial charge in [-0.25, -0.2) is 4.39 Å². The van der Waals surface area contributed by atoms with E-state index in [2.05, 4.69) is 5.32 Å². The minimum Gasteiger partial charge on any atom is -0.494 e. The number of carbonyl (C=O) groups excluding carboxylic acids is 2. The minimum absolute atomic E-state index is 0.0400. The number of hydrogen-bond acceptors (Lipinski definition) is 3. The van der Waals surface area contributed by atoms with Gasteiger partial charge in [0.05, 0.1) is 13.5 Å². The third-order valence-corrected chi connectivity index (χ3v) is 2.90. The zero-order valence-electron chi connectivity index (χ0n) is 10.0. The molecular formula is C13H12FNO3. The summed E-state index contributed by atoms with van der Waals surface area (Å²) in [6.45, 7) is 1.69. The van der Waals surface area contributed by atoms with Crippen molar-refractivity contribution in [1.82, 2.24) is 5.32 Å². The van der Waals surface area contributed by atoms with E-state index in [0.29, 0.717) is 16.7 Å². The molecule has 1 aromatic carbocycles. The topological polar surface area (TPSA) is 55.4 Å². The molecule has 0 aromatic heterocycles. The maximum atomic E-state index is 13.6. The summed E-state index contributed by atoms with van der Waals surface area (Å²) >= 11 is 0. The van der Waals surface area contributed by atoms with Crippen LogP contribution in [-0.4, -0.2) is 18.9 Å². The van der Waals surface area contributed by atoms with Crippen LogP contribution in [0, 0.1) is 5.82 Å². The molecule has 2 rings (SSSR count). The van der Waals surface area contributed by atoms with Gasteiger partial charge in [-0.2, -0.15) is 0 Å². The molecule has 0 unspecified atom stereocenters. The lowest BCUT2D eigenvalue weighted by Gasteiger charge is -2.07. The maximum Gasteiger partial charge on any atom is 0.254 e. The van der Waals surface area contributed by atoms with Crippen molar-refractivity contribution in [3.63, 3.8) is 0 Å². The van der Waals surface area contributed by atoms with E-state index in [1.165, 1.54) is 19.2 Å². The molecular weight excluding hydrogens is 237 g/mol. The number of carbonyl (C=O) groups is 2. The first kappa shape index (κ1) is 12.3. The van der Waals surface area contributed by atoms with Gasteiger partial charge in [0.1, 0.15) is 0 Å². The van der Waals surface area contributed by atoms with Crippen molar-refractivity contribution in [1.29, 1.82) is 0 Å². The zero-order chi connectivity index (χ0) is 13.3. The predicted octanol–water partition coefficient (Wildman–Crippen LogP) is 1.65. The van der Waals surface area contributed by atoms with Gasteiger partial charge in [-0.15, -0.1) is 0 Å². The Morgan fingerprint density at radius 3 is 2.61 bits per heavy atom. The predicted molar refractivity (Wildman–Crippen MR) is 63.3 cm³/mol. The average Bonchev–Trinajstić information content (AvgIpc) is 2.67. The first-order chi connectivity index (χ1) is 8.52. The van der Waals surface area contributed by atoms with Crippen LogP contribution in [-0.2, 0) is 9.59 Å². The third kappa shape index (κ3) is 2.11. The van der Waals surface area contributed by atoms with E-state index in [0.717, 1.165) is 0 Å². The summed E-state index contributed by atoms with van der Waals surface area (Å²) in [4.78, 5) is 22.6. The van der Waals surface area contributed by atoms with Gasteiger partial charge in [-0.1, -0.05) is 6.07 Å². The number of hydrogen-bond donors (Lipinski definition) is 1. The molecule has 5 heteroatoms. The second-order valence-corrected chi connectivity index (χ2v) is 4.01. The van der Waals surface area contributed by atoms with Gasteiger partial charge in [-0.3, -0.25) is 14.9 Å². The van der Waals surface area contributed by atoms with Gasteiger partial charge >= 0.3 is 0 Å². The van der Waals surface area contributed by atoms with Gasteiger partial charge in [-0.05, 0) is 30.2 Å². The molecule has 1 heterocycles. The molecule has 4 nitrogen and oxygen atoms in total. The summed E-state index contributed by atoms with van der Waals surface area (Å²) in [6.07, 6.45) is 0.0400. The molecule has 1 N–H and O–H groups in total. The number of methoxy groups -OCH3 is 1. The zero-order valence-corrected chi connectivity index (χ0v) is 10.0. The first-order valence-electron chi connectivity index (χ1n) is 5.40. The van der Waals surface area contributed by atoms with E-state index in [4.69, 9.17) is 4.74 Å². The Balaban J connectivity index is 2.43. The molecule has 0 radical (unpaired) electrons. The number of amides is 2. The molecule has 0 spiro atoms. The average molecular weight is 249 g/mol. The van der Waals surface area contributed by atoms with Crippen LogP contribution >= 0.6 is 0 Å². The van der Waals surface area contributed by atoms with Gasteiger partial charge in [0.25, 0.3) is 5.91 Å². The van der Waals surface area contributed by atoms with Gasteiger partial charge in [0, 0.05) is 5.57 Å². The lowest BCUT2D eigenvalue weighted by Crippen LogP contribution is -2.19. The summed E-state index contributed by atoms with van der Waals surface area (Å²) < 4.78 is 18.4. The smallest absolute Gasteiger partial charge is 0.254 e. The number of nitrogens with one attached hydrogen (secondary N) is 1. The summed E-state index contributed by atoms with van der Waals surface area (Å²) in [5, 5.41) is 2.20. The van der Waals surface area contributed by atoms with Crippen molar-refractivity contribution in [3.05, 3.63) is 35.2 Å². The Morgan fingerprint density at radius 2 is 2.11 bits per heavy atom. The number of ether oxygens (including phenoxy) is 1. The normalized spacial score (nSPS) is 17.7. The number of imide groups is 1. The molecule has 0 atom stereocenters. The summed E-state index contributed by atoms with van der Waals surface area (Å²) in [5.74, 6) is -1.10. The van der Waals surface area contributed by atoms with Crippen LogP contribution in [0.25, 0.3) is 5.57 Å². The van der Waals surface area contributed by atoms with Gasteiger partial charge in [0.15, 0.2) is 11.6 Å². The molecule has 1 aromatic rings. The van der Waals surface area contributed by atoms with E-state index in [1.54, 1.807) is 13.0 Å². The molecule has 94 valence electrons. The number of benzene rings is 1. The minimum atomic E-state index is -0.500. The highest BCUT2D eigenvalue weighted by atomic mass is 19.1. The molecule has 1 aliphatic rings. The van der Waals surface area contributed by atoms with Crippen LogP contribution in [0.3, 0.4) is 0 Å². The van der Waals surface area contributed by atoms with Crippen LogP contribution in [0.15, 0.2) is 23.8 Å². The molecule has 1 aliphatic heterocycles. The molecule has 2 amide bonds.